The second kappa shape index (κ2) is 17.3. The Bertz CT molecular complexity index is 1390. The van der Waals surface area contributed by atoms with Gasteiger partial charge in [0.25, 0.3) is 0 Å². The summed E-state index contributed by atoms with van der Waals surface area (Å²) in [6.07, 6.45) is 2.83. The first kappa shape index (κ1) is 33.7. The number of unbranched alkanes of at least 4 members (excludes halogenated alkanes) is 2. The monoisotopic (exact) mass is 631 g/mol. The van der Waals surface area contributed by atoms with Gasteiger partial charge in [0.2, 0.25) is 11.8 Å². The molecule has 0 radical (unpaired) electrons. The zero-order chi connectivity index (χ0) is 32.1. The molecule has 0 bridgehead atoms. The minimum absolute atomic E-state index is 0.00120. The number of carbonyl (C=O) groups excluding carboxylic acids is 2. The highest BCUT2D eigenvalue weighted by Gasteiger charge is 2.33. The van der Waals surface area contributed by atoms with Crippen LogP contribution < -0.4 is 10.8 Å². The summed E-state index contributed by atoms with van der Waals surface area (Å²) in [4.78, 5) is 25.8. The molecule has 46 heavy (non-hydrogen) atoms. The predicted octanol–water partition coefficient (Wildman–Crippen LogP) is 4.80. The van der Waals surface area contributed by atoms with Gasteiger partial charge in [-0.25, -0.2) is 5.48 Å². The van der Waals surface area contributed by atoms with E-state index in [1.807, 2.05) is 36.4 Å². The lowest BCUT2D eigenvalue weighted by molar-refractivity contribution is -0.253. The molecule has 2 amide bonds. The Kier molecular flexibility index (Phi) is 12.7. The van der Waals surface area contributed by atoms with Crippen molar-refractivity contribution in [2.45, 2.75) is 70.2 Å². The van der Waals surface area contributed by atoms with E-state index in [4.69, 9.17) is 19.4 Å². The molecule has 0 saturated carbocycles. The van der Waals surface area contributed by atoms with E-state index in [0.29, 0.717) is 25.8 Å². The maximum absolute atomic E-state index is 12.3. The summed E-state index contributed by atoms with van der Waals surface area (Å²) >= 11 is 0. The van der Waals surface area contributed by atoms with Gasteiger partial charge in [-0.05, 0) is 46.7 Å². The summed E-state index contributed by atoms with van der Waals surface area (Å²) in [5.74, 6) is -0.429. The lowest BCUT2D eigenvalue weighted by Gasteiger charge is -2.39. The maximum atomic E-state index is 12.3. The van der Waals surface area contributed by atoms with E-state index in [1.54, 1.807) is 5.48 Å². The van der Waals surface area contributed by atoms with Gasteiger partial charge in [-0.3, -0.25) is 19.7 Å². The lowest BCUT2D eigenvalue weighted by Crippen LogP contribution is -2.44. The van der Waals surface area contributed by atoms with Crippen LogP contribution in [-0.2, 0) is 37.0 Å². The molecule has 10 nitrogen and oxygen atoms in total. The fourth-order valence-corrected chi connectivity index (χ4v) is 5.89. The van der Waals surface area contributed by atoms with Crippen LogP contribution in [0.4, 0.5) is 0 Å². The van der Waals surface area contributed by atoms with Crippen LogP contribution in [0.15, 0.2) is 72.8 Å². The minimum atomic E-state index is -0.510. The van der Waals surface area contributed by atoms with Crippen LogP contribution in [0.5, 0.6) is 0 Å². The summed E-state index contributed by atoms with van der Waals surface area (Å²) in [5.41, 5.74) is 7.64. The molecule has 2 saturated heterocycles. The number of hydrogen-bond donors (Lipinski definition) is 4. The van der Waals surface area contributed by atoms with Crippen molar-refractivity contribution in [2.75, 3.05) is 32.8 Å². The standard InChI is InChI=1S/C36H45N3O7/c40-25-26-9-11-29(12-10-26)33-22-32(24-39-17-19-44-20-18-39)45-36(46-33)30-15-13-28(14-16-30)31-6-4-5-27(21-31)23-37-34(41)7-2-1-3-8-35(42)38-43/h4-6,9-16,21,32-33,36,40,43H,1-3,7-8,17-20,22-25H2,(H,37,41)(H,38,42). The van der Waals surface area contributed by atoms with Crippen molar-refractivity contribution in [3.63, 3.8) is 0 Å². The number of hydroxylamine groups is 1. The van der Waals surface area contributed by atoms with Gasteiger partial charge in [-0.15, -0.1) is 0 Å². The number of aliphatic hydroxyl groups is 1. The Hall–Kier alpha value is -3.64. The molecule has 3 aromatic rings. The van der Waals surface area contributed by atoms with Crippen molar-refractivity contribution >= 4 is 11.8 Å². The summed E-state index contributed by atoms with van der Waals surface area (Å²) in [6.45, 7) is 4.53. The van der Waals surface area contributed by atoms with Crippen LogP contribution >= 0.6 is 0 Å². The van der Waals surface area contributed by atoms with Crippen molar-refractivity contribution < 1.29 is 34.1 Å². The maximum Gasteiger partial charge on any atom is 0.243 e. The van der Waals surface area contributed by atoms with E-state index in [1.165, 1.54) is 0 Å². The van der Waals surface area contributed by atoms with Crippen LogP contribution in [0, 0.1) is 0 Å². The Labute approximate surface area is 270 Å². The number of aliphatic hydroxyl groups excluding tert-OH is 1. The Morgan fingerprint density at radius 2 is 1.52 bits per heavy atom. The first-order chi connectivity index (χ1) is 22.5. The smallest absolute Gasteiger partial charge is 0.243 e. The largest absolute Gasteiger partial charge is 0.392 e. The predicted molar refractivity (Wildman–Crippen MR) is 172 cm³/mol. The highest BCUT2D eigenvalue weighted by molar-refractivity contribution is 5.76. The van der Waals surface area contributed by atoms with E-state index >= 15 is 0 Å². The number of morpholine rings is 1. The summed E-state index contributed by atoms with van der Waals surface area (Å²) in [7, 11) is 0. The Morgan fingerprint density at radius 3 is 2.24 bits per heavy atom. The molecule has 5 rings (SSSR count). The van der Waals surface area contributed by atoms with Crippen LogP contribution in [0.3, 0.4) is 0 Å². The first-order valence-corrected chi connectivity index (χ1v) is 16.2. The number of benzene rings is 3. The molecule has 4 N–H and O–H groups in total. The van der Waals surface area contributed by atoms with Crippen molar-refractivity contribution in [2.24, 2.45) is 0 Å². The average molecular weight is 632 g/mol. The molecule has 10 heteroatoms. The molecular formula is C36H45N3O7. The van der Waals surface area contributed by atoms with Crippen molar-refractivity contribution in [3.05, 3.63) is 95.1 Å². The molecule has 2 heterocycles. The summed E-state index contributed by atoms with van der Waals surface area (Å²) in [6, 6.07) is 24.4. The van der Waals surface area contributed by atoms with Crippen LogP contribution in [0.1, 0.15) is 73.2 Å². The molecule has 2 aliphatic rings. The van der Waals surface area contributed by atoms with Gasteiger partial charge in [0.15, 0.2) is 6.29 Å². The number of rotatable bonds is 14. The van der Waals surface area contributed by atoms with Crippen molar-refractivity contribution in [3.8, 4) is 11.1 Å². The number of carbonyl (C=O) groups is 2. The number of amides is 2. The second-order valence-corrected chi connectivity index (χ2v) is 12.0. The summed E-state index contributed by atoms with van der Waals surface area (Å²) < 4.78 is 18.6. The van der Waals surface area contributed by atoms with E-state index < -0.39 is 12.2 Å². The molecule has 0 spiro atoms. The molecule has 3 atom stereocenters. The van der Waals surface area contributed by atoms with Gasteiger partial charge in [0.1, 0.15) is 0 Å². The Morgan fingerprint density at radius 1 is 0.804 bits per heavy atom. The molecule has 2 aliphatic heterocycles. The second-order valence-electron chi connectivity index (χ2n) is 12.0. The molecule has 3 aromatic carbocycles. The van der Waals surface area contributed by atoms with Crippen LogP contribution in [-0.4, -0.2) is 66.0 Å². The topological polar surface area (TPSA) is 130 Å². The molecule has 2 fully saturated rings. The van der Waals surface area contributed by atoms with Crippen LogP contribution in [0.2, 0.25) is 0 Å². The van der Waals surface area contributed by atoms with Gasteiger partial charge >= 0.3 is 0 Å². The number of nitrogens with zero attached hydrogens (tertiary/aromatic N) is 1. The fraction of sp³-hybridized carbons (Fsp3) is 0.444. The van der Waals surface area contributed by atoms with Gasteiger partial charge < -0.3 is 24.6 Å². The molecule has 0 aromatic heterocycles. The average Bonchev–Trinajstić information content (AvgIpc) is 3.11. The van der Waals surface area contributed by atoms with Gasteiger partial charge in [-0.1, -0.05) is 73.2 Å². The molecule has 0 aliphatic carbocycles. The highest BCUT2D eigenvalue weighted by atomic mass is 16.7. The van der Waals surface area contributed by atoms with E-state index in [2.05, 4.69) is 46.6 Å². The number of hydrogen-bond acceptors (Lipinski definition) is 8. The first-order valence-electron chi connectivity index (χ1n) is 16.2. The third-order valence-electron chi connectivity index (χ3n) is 8.55. The normalized spacial score (nSPS) is 20.3. The van der Waals surface area contributed by atoms with E-state index in [0.717, 1.165) is 79.1 Å². The van der Waals surface area contributed by atoms with E-state index in [9.17, 15) is 14.7 Å². The van der Waals surface area contributed by atoms with Crippen molar-refractivity contribution in [1.82, 2.24) is 15.7 Å². The lowest BCUT2D eigenvalue weighted by atomic mass is 9.99. The number of nitrogens with one attached hydrogen (secondary N) is 2. The van der Waals surface area contributed by atoms with E-state index in [-0.39, 0.29) is 31.1 Å². The zero-order valence-electron chi connectivity index (χ0n) is 26.2. The van der Waals surface area contributed by atoms with Gasteiger partial charge in [0.05, 0.1) is 32.0 Å². The zero-order valence-corrected chi connectivity index (χ0v) is 26.2. The Balaban J connectivity index is 1.19. The molecule has 3 unspecified atom stereocenters. The molecular weight excluding hydrogens is 586 g/mol. The quantitative estimate of drug-likeness (QED) is 0.114. The summed E-state index contributed by atoms with van der Waals surface area (Å²) in [5, 5.41) is 21.0. The van der Waals surface area contributed by atoms with Gasteiger partial charge in [-0.2, -0.15) is 0 Å². The highest BCUT2D eigenvalue weighted by Crippen LogP contribution is 2.38. The minimum Gasteiger partial charge on any atom is -0.392 e. The van der Waals surface area contributed by atoms with Crippen LogP contribution in [0.25, 0.3) is 11.1 Å². The van der Waals surface area contributed by atoms with Crippen molar-refractivity contribution in [1.29, 1.82) is 0 Å². The fourth-order valence-electron chi connectivity index (χ4n) is 5.89. The number of ether oxygens (including phenoxy) is 3. The third-order valence-corrected chi connectivity index (χ3v) is 8.55. The SMILES string of the molecule is O=C(CCCCCC(=O)NCc1cccc(-c2ccc(C3OC(CN4CCOCC4)CC(c4ccc(CO)cc4)O3)cc2)c1)NO. The van der Waals surface area contributed by atoms with Gasteiger partial charge in [0, 0.05) is 51.0 Å². The molecule has 246 valence electrons. The third kappa shape index (κ3) is 9.93.